The number of rotatable bonds is 4. The SMILES string of the molecule is O=C(CSc1ccccc1)Nc1ccccc1. The van der Waals surface area contributed by atoms with Crippen LogP contribution in [0.2, 0.25) is 0 Å². The van der Waals surface area contributed by atoms with Gasteiger partial charge < -0.3 is 5.32 Å². The van der Waals surface area contributed by atoms with Gasteiger partial charge in [-0.2, -0.15) is 0 Å². The molecule has 1 amide bonds. The molecule has 2 rings (SSSR count). The zero-order valence-electron chi connectivity index (χ0n) is 9.30. The van der Waals surface area contributed by atoms with Crippen molar-refractivity contribution in [3.63, 3.8) is 0 Å². The summed E-state index contributed by atoms with van der Waals surface area (Å²) in [5.41, 5.74) is 0.839. The number of para-hydroxylation sites is 1. The maximum atomic E-state index is 11.7. The second kappa shape index (κ2) is 6.11. The molecule has 0 aliphatic rings. The third-order valence-electron chi connectivity index (χ3n) is 2.17. The molecule has 0 spiro atoms. The fourth-order valence-corrected chi connectivity index (χ4v) is 2.10. The van der Waals surface area contributed by atoms with E-state index in [4.69, 9.17) is 0 Å². The smallest absolute Gasteiger partial charge is 0.234 e. The summed E-state index contributed by atoms with van der Waals surface area (Å²) in [6.07, 6.45) is 0. The molecule has 0 radical (unpaired) electrons. The van der Waals surface area contributed by atoms with E-state index in [1.54, 1.807) is 0 Å². The van der Waals surface area contributed by atoms with Gasteiger partial charge in [-0.3, -0.25) is 4.79 Å². The first-order valence-electron chi connectivity index (χ1n) is 5.37. The second-order valence-electron chi connectivity index (χ2n) is 3.52. The molecule has 0 fully saturated rings. The molecule has 1 N–H and O–H groups in total. The van der Waals surface area contributed by atoms with Gasteiger partial charge in [0.1, 0.15) is 0 Å². The molecular formula is C14H13NOS. The third kappa shape index (κ3) is 3.96. The van der Waals surface area contributed by atoms with Gasteiger partial charge in [-0.25, -0.2) is 0 Å². The van der Waals surface area contributed by atoms with Gasteiger partial charge in [0.25, 0.3) is 0 Å². The van der Waals surface area contributed by atoms with Gasteiger partial charge in [-0.05, 0) is 24.3 Å². The van der Waals surface area contributed by atoms with Gasteiger partial charge in [-0.1, -0.05) is 36.4 Å². The van der Waals surface area contributed by atoms with Crippen LogP contribution < -0.4 is 5.32 Å². The average molecular weight is 243 g/mol. The molecule has 0 aliphatic heterocycles. The summed E-state index contributed by atoms with van der Waals surface area (Å²) in [7, 11) is 0. The van der Waals surface area contributed by atoms with Crippen LogP contribution in [-0.2, 0) is 4.79 Å². The van der Waals surface area contributed by atoms with Crippen molar-refractivity contribution >= 4 is 23.4 Å². The molecule has 0 bridgehead atoms. The van der Waals surface area contributed by atoms with Crippen molar-refractivity contribution in [1.29, 1.82) is 0 Å². The highest BCUT2D eigenvalue weighted by atomic mass is 32.2. The Hall–Kier alpha value is -1.74. The molecule has 86 valence electrons. The second-order valence-corrected chi connectivity index (χ2v) is 4.56. The lowest BCUT2D eigenvalue weighted by atomic mass is 10.3. The highest BCUT2D eigenvalue weighted by Gasteiger charge is 2.02. The first-order chi connectivity index (χ1) is 8.34. The number of amides is 1. The summed E-state index contributed by atoms with van der Waals surface area (Å²) >= 11 is 1.54. The first-order valence-corrected chi connectivity index (χ1v) is 6.36. The summed E-state index contributed by atoms with van der Waals surface area (Å²) in [5.74, 6) is 0.448. The minimum atomic E-state index is 0.0186. The number of carbonyl (C=O) groups excluding carboxylic acids is 1. The largest absolute Gasteiger partial charge is 0.325 e. The molecule has 0 unspecified atom stereocenters. The molecular weight excluding hydrogens is 230 g/mol. The number of hydrogen-bond donors (Lipinski definition) is 1. The molecule has 0 heterocycles. The number of carbonyl (C=O) groups is 1. The number of hydrogen-bond acceptors (Lipinski definition) is 2. The predicted octanol–water partition coefficient (Wildman–Crippen LogP) is 3.42. The lowest BCUT2D eigenvalue weighted by Gasteiger charge is -2.04. The van der Waals surface area contributed by atoms with E-state index in [0.29, 0.717) is 5.75 Å². The Bertz CT molecular complexity index is 470. The summed E-state index contributed by atoms with van der Waals surface area (Å²) in [4.78, 5) is 12.8. The van der Waals surface area contributed by atoms with Crippen LogP contribution in [0, 0.1) is 0 Å². The van der Waals surface area contributed by atoms with E-state index < -0.39 is 0 Å². The Kier molecular flexibility index (Phi) is 4.22. The molecule has 0 aromatic heterocycles. The van der Waals surface area contributed by atoms with Crippen LogP contribution in [0.5, 0.6) is 0 Å². The highest BCUT2D eigenvalue weighted by molar-refractivity contribution is 8.00. The van der Waals surface area contributed by atoms with Crippen LogP contribution in [0.15, 0.2) is 65.6 Å². The minimum Gasteiger partial charge on any atom is -0.325 e. The van der Waals surface area contributed by atoms with Crippen molar-refractivity contribution in [2.24, 2.45) is 0 Å². The molecule has 0 aliphatic carbocycles. The fraction of sp³-hybridized carbons (Fsp3) is 0.0714. The zero-order valence-corrected chi connectivity index (χ0v) is 10.1. The van der Waals surface area contributed by atoms with E-state index in [1.165, 1.54) is 11.8 Å². The van der Waals surface area contributed by atoms with Gasteiger partial charge in [0.15, 0.2) is 0 Å². The predicted molar refractivity (Wildman–Crippen MR) is 72.2 cm³/mol. The Morgan fingerprint density at radius 3 is 2.18 bits per heavy atom. The lowest BCUT2D eigenvalue weighted by Crippen LogP contribution is -2.13. The number of thioether (sulfide) groups is 1. The van der Waals surface area contributed by atoms with E-state index in [-0.39, 0.29) is 5.91 Å². The maximum absolute atomic E-state index is 11.7. The van der Waals surface area contributed by atoms with Crippen LogP contribution >= 0.6 is 11.8 Å². The Balaban J connectivity index is 1.83. The average Bonchev–Trinajstić information content (AvgIpc) is 2.39. The molecule has 0 saturated carbocycles. The zero-order chi connectivity index (χ0) is 11.9. The molecule has 3 heteroatoms. The third-order valence-corrected chi connectivity index (χ3v) is 3.18. The van der Waals surface area contributed by atoms with Crippen molar-refractivity contribution in [2.75, 3.05) is 11.1 Å². The summed E-state index contributed by atoms with van der Waals surface area (Å²) in [6, 6.07) is 19.4. The van der Waals surface area contributed by atoms with Crippen LogP contribution in [0.1, 0.15) is 0 Å². The molecule has 17 heavy (non-hydrogen) atoms. The van der Waals surface area contributed by atoms with Crippen LogP contribution in [-0.4, -0.2) is 11.7 Å². The first kappa shape index (κ1) is 11.7. The lowest BCUT2D eigenvalue weighted by molar-refractivity contribution is -0.113. The molecule has 0 atom stereocenters. The van der Waals surface area contributed by atoms with Crippen LogP contribution in [0.3, 0.4) is 0 Å². The normalized spacial score (nSPS) is 9.88. The van der Waals surface area contributed by atoms with E-state index in [0.717, 1.165) is 10.6 Å². The minimum absolute atomic E-state index is 0.0186. The fourth-order valence-electron chi connectivity index (χ4n) is 1.38. The van der Waals surface area contributed by atoms with Gasteiger partial charge in [0, 0.05) is 10.6 Å². The van der Waals surface area contributed by atoms with Crippen molar-refractivity contribution in [3.05, 3.63) is 60.7 Å². The Morgan fingerprint density at radius 1 is 0.941 bits per heavy atom. The molecule has 2 aromatic carbocycles. The Labute approximate surface area is 105 Å². The van der Waals surface area contributed by atoms with E-state index >= 15 is 0 Å². The van der Waals surface area contributed by atoms with Gasteiger partial charge in [0.2, 0.25) is 5.91 Å². The summed E-state index contributed by atoms with van der Waals surface area (Å²) in [6.45, 7) is 0. The summed E-state index contributed by atoms with van der Waals surface area (Å²) in [5, 5.41) is 2.85. The number of benzene rings is 2. The van der Waals surface area contributed by atoms with Gasteiger partial charge >= 0.3 is 0 Å². The van der Waals surface area contributed by atoms with Crippen molar-refractivity contribution in [3.8, 4) is 0 Å². The van der Waals surface area contributed by atoms with Crippen molar-refractivity contribution in [1.82, 2.24) is 0 Å². The maximum Gasteiger partial charge on any atom is 0.234 e. The van der Waals surface area contributed by atoms with Gasteiger partial charge in [0.05, 0.1) is 5.75 Å². The molecule has 0 saturated heterocycles. The summed E-state index contributed by atoms with van der Waals surface area (Å²) < 4.78 is 0. The Morgan fingerprint density at radius 2 is 1.53 bits per heavy atom. The van der Waals surface area contributed by atoms with E-state index in [2.05, 4.69) is 5.32 Å². The molecule has 2 aromatic rings. The van der Waals surface area contributed by atoms with Crippen LogP contribution in [0.25, 0.3) is 0 Å². The quantitative estimate of drug-likeness (QED) is 0.834. The van der Waals surface area contributed by atoms with Crippen LogP contribution in [0.4, 0.5) is 5.69 Å². The van der Waals surface area contributed by atoms with E-state index in [9.17, 15) is 4.79 Å². The van der Waals surface area contributed by atoms with Gasteiger partial charge in [-0.15, -0.1) is 11.8 Å². The monoisotopic (exact) mass is 243 g/mol. The topological polar surface area (TPSA) is 29.1 Å². The number of anilines is 1. The highest BCUT2D eigenvalue weighted by Crippen LogP contribution is 2.17. The molecule has 2 nitrogen and oxygen atoms in total. The standard InChI is InChI=1S/C14H13NOS/c16-14(15-12-7-3-1-4-8-12)11-17-13-9-5-2-6-10-13/h1-10H,11H2,(H,15,16). The van der Waals surface area contributed by atoms with Crippen molar-refractivity contribution in [2.45, 2.75) is 4.90 Å². The van der Waals surface area contributed by atoms with Crippen molar-refractivity contribution < 1.29 is 4.79 Å². The number of nitrogens with one attached hydrogen (secondary N) is 1. The van der Waals surface area contributed by atoms with E-state index in [1.807, 2.05) is 60.7 Å².